The van der Waals surface area contributed by atoms with Gasteiger partial charge in [-0.3, -0.25) is 0 Å². The third-order valence-electron chi connectivity index (χ3n) is 2.79. The lowest BCUT2D eigenvalue weighted by Gasteiger charge is -2.09. The number of anilines is 1. The van der Waals surface area contributed by atoms with Gasteiger partial charge in [0.1, 0.15) is 10.5 Å². The fourth-order valence-corrected chi connectivity index (χ4v) is 2.61. The first kappa shape index (κ1) is 13.1. The van der Waals surface area contributed by atoms with Crippen molar-refractivity contribution in [2.24, 2.45) is 5.92 Å². The first-order chi connectivity index (χ1) is 8.74. The molecule has 0 aliphatic carbocycles. The molecule has 18 heavy (non-hydrogen) atoms. The highest BCUT2D eigenvalue weighted by molar-refractivity contribution is 7.99. The van der Waals surface area contributed by atoms with Crippen LogP contribution in [0, 0.1) is 5.92 Å². The van der Waals surface area contributed by atoms with Crippen molar-refractivity contribution in [3.8, 4) is 0 Å². The Morgan fingerprint density at radius 2 is 2.22 bits per heavy atom. The second-order valence-corrected chi connectivity index (χ2v) is 5.32. The van der Waals surface area contributed by atoms with Gasteiger partial charge in [-0.05, 0) is 12.8 Å². The maximum absolute atomic E-state index is 4.54. The predicted octanol–water partition coefficient (Wildman–Crippen LogP) is 2.92. The number of aromatic amines is 1. The molecule has 2 aromatic rings. The van der Waals surface area contributed by atoms with Gasteiger partial charge in [0, 0.05) is 12.3 Å². The van der Waals surface area contributed by atoms with E-state index in [2.05, 4.69) is 39.1 Å². The Hall–Kier alpha value is -1.30. The molecule has 0 amide bonds. The van der Waals surface area contributed by atoms with Gasteiger partial charge in [0.2, 0.25) is 5.95 Å². The maximum Gasteiger partial charge on any atom is 0.225 e. The quantitative estimate of drug-likeness (QED) is 0.621. The Bertz CT molecular complexity index is 510. The molecular weight excluding hydrogens is 246 g/mol. The summed E-state index contributed by atoms with van der Waals surface area (Å²) in [4.78, 5) is 16.2. The Morgan fingerprint density at radius 1 is 1.39 bits per heavy atom. The predicted molar refractivity (Wildman–Crippen MR) is 76.0 cm³/mol. The Balaban J connectivity index is 2.25. The number of H-pyrrole nitrogens is 1. The summed E-state index contributed by atoms with van der Waals surface area (Å²) in [5.74, 6) is 2.40. The van der Waals surface area contributed by atoms with E-state index in [1.807, 2.05) is 6.92 Å². The number of hydrogen-bond acceptors (Lipinski definition) is 5. The van der Waals surface area contributed by atoms with E-state index in [-0.39, 0.29) is 0 Å². The van der Waals surface area contributed by atoms with Crippen LogP contribution < -0.4 is 5.32 Å². The molecule has 6 heteroatoms. The van der Waals surface area contributed by atoms with Gasteiger partial charge in [-0.15, -0.1) is 11.8 Å². The van der Waals surface area contributed by atoms with Crippen molar-refractivity contribution < 1.29 is 0 Å². The summed E-state index contributed by atoms with van der Waals surface area (Å²) in [6.45, 7) is 7.31. The van der Waals surface area contributed by atoms with Crippen LogP contribution in [0.3, 0.4) is 0 Å². The summed E-state index contributed by atoms with van der Waals surface area (Å²) in [6.07, 6.45) is 2.85. The molecule has 1 unspecified atom stereocenters. The second-order valence-electron chi connectivity index (χ2n) is 4.31. The molecule has 2 heterocycles. The molecule has 0 radical (unpaired) electrons. The molecule has 2 aromatic heterocycles. The van der Waals surface area contributed by atoms with Crippen molar-refractivity contribution in [1.29, 1.82) is 0 Å². The molecule has 5 nitrogen and oxygen atoms in total. The van der Waals surface area contributed by atoms with Crippen LogP contribution in [0.15, 0.2) is 11.4 Å². The molecule has 1 atom stereocenters. The molecule has 0 aliphatic rings. The van der Waals surface area contributed by atoms with Gasteiger partial charge >= 0.3 is 0 Å². The molecule has 2 N–H and O–H groups in total. The third-order valence-corrected chi connectivity index (χ3v) is 4.09. The van der Waals surface area contributed by atoms with Crippen LogP contribution in [0.25, 0.3) is 11.2 Å². The van der Waals surface area contributed by atoms with Crippen LogP contribution in [0.2, 0.25) is 0 Å². The van der Waals surface area contributed by atoms with Gasteiger partial charge in [-0.1, -0.05) is 20.3 Å². The number of fused-ring (bicyclic) bond motifs is 1. The van der Waals surface area contributed by atoms with Crippen LogP contribution in [0.4, 0.5) is 5.95 Å². The van der Waals surface area contributed by atoms with E-state index in [0.29, 0.717) is 11.9 Å². The molecule has 0 aromatic carbocycles. The summed E-state index contributed by atoms with van der Waals surface area (Å²) in [7, 11) is 0. The number of hydrogen-bond donors (Lipinski definition) is 2. The number of imidazole rings is 1. The largest absolute Gasteiger partial charge is 0.354 e. The first-order valence-electron chi connectivity index (χ1n) is 6.32. The van der Waals surface area contributed by atoms with Crippen molar-refractivity contribution >= 4 is 28.9 Å². The standard InChI is InChI=1S/C12H19N5S/c1-4-8(3)6-18-11-9-10(15-7-14-9)16-12(17-11)13-5-2/h7-8H,4-6H2,1-3H3,(H2,13,14,15,16,17). The number of nitrogens with one attached hydrogen (secondary N) is 2. The van der Waals surface area contributed by atoms with E-state index in [9.17, 15) is 0 Å². The molecule has 0 fully saturated rings. The smallest absolute Gasteiger partial charge is 0.225 e. The summed E-state index contributed by atoms with van der Waals surface area (Å²) in [5, 5.41) is 4.12. The molecule has 2 rings (SSSR count). The van der Waals surface area contributed by atoms with Crippen LogP contribution >= 0.6 is 11.8 Å². The minimum atomic E-state index is 0.656. The minimum Gasteiger partial charge on any atom is -0.354 e. The van der Waals surface area contributed by atoms with Crippen molar-refractivity contribution in [3.63, 3.8) is 0 Å². The van der Waals surface area contributed by atoms with E-state index < -0.39 is 0 Å². The molecule has 98 valence electrons. The monoisotopic (exact) mass is 265 g/mol. The van der Waals surface area contributed by atoms with Gasteiger partial charge in [0.15, 0.2) is 5.65 Å². The van der Waals surface area contributed by atoms with Crippen LogP contribution in [0.5, 0.6) is 0 Å². The fourth-order valence-electron chi connectivity index (χ4n) is 1.49. The number of nitrogens with zero attached hydrogens (tertiary/aromatic N) is 3. The summed E-state index contributed by atoms with van der Waals surface area (Å²) in [5.41, 5.74) is 1.66. The van der Waals surface area contributed by atoms with E-state index in [4.69, 9.17) is 0 Å². The van der Waals surface area contributed by atoms with E-state index in [1.54, 1.807) is 18.1 Å². The lowest BCUT2D eigenvalue weighted by molar-refractivity contribution is 0.636. The summed E-state index contributed by atoms with van der Waals surface area (Å²) in [6, 6.07) is 0. The Morgan fingerprint density at radius 3 is 2.94 bits per heavy atom. The molecule has 0 saturated carbocycles. The number of rotatable bonds is 6. The van der Waals surface area contributed by atoms with Gasteiger partial charge in [-0.2, -0.15) is 4.98 Å². The van der Waals surface area contributed by atoms with Crippen molar-refractivity contribution in [2.75, 3.05) is 17.6 Å². The highest BCUT2D eigenvalue weighted by Gasteiger charge is 2.11. The van der Waals surface area contributed by atoms with Crippen molar-refractivity contribution in [3.05, 3.63) is 6.33 Å². The highest BCUT2D eigenvalue weighted by Crippen LogP contribution is 2.26. The summed E-state index contributed by atoms with van der Waals surface area (Å²) < 4.78 is 0. The van der Waals surface area contributed by atoms with E-state index in [1.165, 1.54) is 6.42 Å². The zero-order valence-electron chi connectivity index (χ0n) is 11.0. The zero-order valence-corrected chi connectivity index (χ0v) is 11.8. The second kappa shape index (κ2) is 6.04. The maximum atomic E-state index is 4.54. The molecular formula is C12H19N5S. The Labute approximate surface area is 111 Å². The molecule has 0 spiro atoms. The number of thioether (sulfide) groups is 1. The van der Waals surface area contributed by atoms with Crippen molar-refractivity contribution in [2.45, 2.75) is 32.2 Å². The van der Waals surface area contributed by atoms with Crippen molar-refractivity contribution in [1.82, 2.24) is 19.9 Å². The molecule has 0 saturated heterocycles. The van der Waals surface area contributed by atoms with Gasteiger partial charge in [-0.25, -0.2) is 9.97 Å². The SMILES string of the molecule is CCNc1nc(SCC(C)CC)c2[nH]cnc2n1. The molecule has 0 aliphatic heterocycles. The number of aromatic nitrogens is 4. The fraction of sp³-hybridized carbons (Fsp3) is 0.583. The zero-order chi connectivity index (χ0) is 13.0. The average Bonchev–Trinajstić information content (AvgIpc) is 2.84. The molecule has 0 bridgehead atoms. The van der Waals surface area contributed by atoms with Gasteiger partial charge in [0.25, 0.3) is 0 Å². The van der Waals surface area contributed by atoms with E-state index in [0.717, 1.165) is 28.5 Å². The normalized spacial score (nSPS) is 12.8. The van der Waals surface area contributed by atoms with Crippen LogP contribution in [0.1, 0.15) is 27.2 Å². The first-order valence-corrected chi connectivity index (χ1v) is 7.30. The third kappa shape index (κ3) is 2.93. The van der Waals surface area contributed by atoms with Crippen LogP contribution in [-0.4, -0.2) is 32.2 Å². The average molecular weight is 265 g/mol. The minimum absolute atomic E-state index is 0.656. The van der Waals surface area contributed by atoms with Crippen LogP contribution in [-0.2, 0) is 0 Å². The lowest BCUT2D eigenvalue weighted by Crippen LogP contribution is -2.04. The highest BCUT2D eigenvalue weighted by atomic mass is 32.2. The van der Waals surface area contributed by atoms with Gasteiger partial charge < -0.3 is 10.3 Å². The van der Waals surface area contributed by atoms with E-state index >= 15 is 0 Å². The Kier molecular flexibility index (Phi) is 4.41. The topological polar surface area (TPSA) is 66.5 Å². The van der Waals surface area contributed by atoms with Gasteiger partial charge in [0.05, 0.1) is 6.33 Å². The summed E-state index contributed by atoms with van der Waals surface area (Å²) >= 11 is 1.76. The lowest BCUT2D eigenvalue weighted by atomic mass is 10.2.